The van der Waals surface area contributed by atoms with Crippen LogP contribution in [0.1, 0.15) is 35.9 Å². The van der Waals surface area contributed by atoms with E-state index >= 15 is 0 Å². The third-order valence-electron chi connectivity index (χ3n) is 3.77. The highest BCUT2D eigenvalue weighted by atomic mass is 32.1. The van der Waals surface area contributed by atoms with E-state index < -0.39 is 0 Å². The van der Waals surface area contributed by atoms with Gasteiger partial charge in [-0.1, -0.05) is 31.3 Å². The Hall–Kier alpha value is -1.46. The predicted octanol–water partition coefficient (Wildman–Crippen LogP) is 3.82. The number of hydrogen-bond acceptors (Lipinski definition) is 4. The molecule has 0 bridgehead atoms. The van der Waals surface area contributed by atoms with Crippen LogP contribution in [0, 0.1) is 5.82 Å². The first-order valence-corrected chi connectivity index (χ1v) is 8.12. The Kier molecular flexibility index (Phi) is 3.95. The molecule has 1 aromatic carbocycles. The second-order valence-electron chi connectivity index (χ2n) is 5.66. The zero-order valence-corrected chi connectivity index (χ0v) is 13.4. The number of aromatic nitrogens is 1. The lowest BCUT2D eigenvalue weighted by atomic mass is 10.1. The summed E-state index contributed by atoms with van der Waals surface area (Å²) in [5.41, 5.74) is 3.32. The average Bonchev–Trinajstić information content (AvgIpc) is 3.02. The molecular formula is C16H20FN3S. The molecule has 2 aromatic rings. The van der Waals surface area contributed by atoms with Gasteiger partial charge in [0.25, 0.3) is 0 Å². The van der Waals surface area contributed by atoms with Crippen LogP contribution in [-0.2, 0) is 13.0 Å². The molecule has 1 aromatic heterocycles. The van der Waals surface area contributed by atoms with Gasteiger partial charge >= 0.3 is 0 Å². The highest BCUT2D eigenvalue weighted by molar-refractivity contribution is 7.15. The van der Waals surface area contributed by atoms with Gasteiger partial charge in [0.1, 0.15) is 5.82 Å². The summed E-state index contributed by atoms with van der Waals surface area (Å²) in [6.45, 7) is 6.03. The average molecular weight is 305 g/mol. The summed E-state index contributed by atoms with van der Waals surface area (Å²) in [7, 11) is 1.95. The smallest absolute Gasteiger partial charge is 0.190 e. The summed E-state index contributed by atoms with van der Waals surface area (Å²) in [4.78, 5) is 8.24. The zero-order chi connectivity index (χ0) is 15.0. The first kappa shape index (κ1) is 14.5. The van der Waals surface area contributed by atoms with Crippen molar-refractivity contribution in [1.82, 2.24) is 10.3 Å². The van der Waals surface area contributed by atoms with Crippen molar-refractivity contribution in [2.24, 2.45) is 0 Å². The Bertz CT molecular complexity index is 651. The number of nitrogens with zero attached hydrogens (tertiary/aromatic N) is 2. The van der Waals surface area contributed by atoms with E-state index in [1.165, 1.54) is 16.5 Å². The Morgan fingerprint density at radius 3 is 2.95 bits per heavy atom. The topological polar surface area (TPSA) is 28.2 Å². The zero-order valence-electron chi connectivity index (χ0n) is 12.6. The van der Waals surface area contributed by atoms with Gasteiger partial charge in [-0.25, -0.2) is 9.37 Å². The number of rotatable bonds is 4. The molecule has 1 aliphatic heterocycles. The van der Waals surface area contributed by atoms with E-state index in [4.69, 9.17) is 4.98 Å². The minimum atomic E-state index is -0.184. The third kappa shape index (κ3) is 2.68. The number of hydrogen-bond donors (Lipinski definition) is 1. The fraction of sp³-hybridized carbons (Fsp3) is 0.438. The molecule has 112 valence electrons. The Morgan fingerprint density at radius 1 is 1.43 bits per heavy atom. The van der Waals surface area contributed by atoms with Crippen molar-refractivity contribution in [3.05, 3.63) is 40.2 Å². The van der Waals surface area contributed by atoms with E-state index in [0.29, 0.717) is 5.92 Å². The van der Waals surface area contributed by atoms with Gasteiger partial charge in [-0.05, 0) is 37.1 Å². The Morgan fingerprint density at radius 2 is 2.24 bits per heavy atom. The Labute approximate surface area is 128 Å². The van der Waals surface area contributed by atoms with Crippen LogP contribution in [0.2, 0.25) is 0 Å². The Balaban J connectivity index is 1.99. The van der Waals surface area contributed by atoms with E-state index in [1.54, 1.807) is 17.4 Å². The lowest BCUT2D eigenvalue weighted by Gasteiger charge is -2.15. The minimum Gasteiger partial charge on any atom is -0.317 e. The maximum Gasteiger partial charge on any atom is 0.190 e. The molecule has 3 nitrogen and oxygen atoms in total. The third-order valence-corrected chi connectivity index (χ3v) is 4.87. The van der Waals surface area contributed by atoms with Crippen molar-refractivity contribution in [3.8, 4) is 0 Å². The second-order valence-corrected chi connectivity index (χ2v) is 6.73. The number of thiazole rings is 1. The van der Waals surface area contributed by atoms with Crippen LogP contribution in [0.3, 0.4) is 0 Å². The van der Waals surface area contributed by atoms with E-state index in [9.17, 15) is 4.39 Å². The standard InChI is InChI=1S/C16H20FN3S/c1-10(2)15-14(9-18-3)21-16(19-15)20-7-6-11-4-5-12(17)8-13(11)20/h4-5,8,10,18H,6-7,9H2,1-3H3. The van der Waals surface area contributed by atoms with E-state index in [2.05, 4.69) is 24.1 Å². The van der Waals surface area contributed by atoms with E-state index in [-0.39, 0.29) is 5.82 Å². The summed E-state index contributed by atoms with van der Waals surface area (Å²) >= 11 is 1.71. The van der Waals surface area contributed by atoms with Gasteiger partial charge in [-0.3, -0.25) is 0 Å². The quantitative estimate of drug-likeness (QED) is 0.931. The van der Waals surface area contributed by atoms with Gasteiger partial charge in [0.05, 0.1) is 5.69 Å². The van der Waals surface area contributed by atoms with Gasteiger partial charge in [-0.15, -0.1) is 0 Å². The fourth-order valence-electron chi connectivity index (χ4n) is 2.76. The minimum absolute atomic E-state index is 0.184. The molecule has 1 N–H and O–H groups in total. The summed E-state index contributed by atoms with van der Waals surface area (Å²) < 4.78 is 13.5. The lowest BCUT2D eigenvalue weighted by Crippen LogP contribution is -2.13. The van der Waals surface area contributed by atoms with Crippen LogP contribution in [-0.4, -0.2) is 18.6 Å². The van der Waals surface area contributed by atoms with Crippen molar-refractivity contribution in [3.63, 3.8) is 0 Å². The van der Waals surface area contributed by atoms with Crippen molar-refractivity contribution in [1.29, 1.82) is 0 Å². The molecule has 1 aliphatic rings. The van der Waals surface area contributed by atoms with Crippen molar-refractivity contribution in [2.45, 2.75) is 32.7 Å². The van der Waals surface area contributed by atoms with Crippen LogP contribution in [0.15, 0.2) is 18.2 Å². The number of halogens is 1. The molecule has 0 saturated heterocycles. The largest absolute Gasteiger partial charge is 0.317 e. The van der Waals surface area contributed by atoms with Crippen LogP contribution < -0.4 is 10.2 Å². The second kappa shape index (κ2) is 5.73. The molecule has 0 aliphatic carbocycles. The molecule has 0 radical (unpaired) electrons. The number of nitrogens with one attached hydrogen (secondary N) is 1. The number of anilines is 2. The van der Waals surface area contributed by atoms with E-state index in [1.807, 2.05) is 13.1 Å². The van der Waals surface area contributed by atoms with Gasteiger partial charge in [-0.2, -0.15) is 0 Å². The molecular weight excluding hydrogens is 285 g/mol. The van der Waals surface area contributed by atoms with Gasteiger partial charge in [0, 0.05) is 23.7 Å². The maximum atomic E-state index is 13.5. The highest BCUT2D eigenvalue weighted by Gasteiger charge is 2.25. The number of fused-ring (bicyclic) bond motifs is 1. The highest BCUT2D eigenvalue weighted by Crippen LogP contribution is 2.39. The van der Waals surface area contributed by atoms with Gasteiger partial charge < -0.3 is 10.2 Å². The SMILES string of the molecule is CNCc1sc(N2CCc3ccc(F)cc32)nc1C(C)C. The molecule has 0 atom stereocenters. The van der Waals surface area contributed by atoms with Crippen molar-refractivity contribution in [2.75, 3.05) is 18.5 Å². The molecule has 0 saturated carbocycles. The van der Waals surface area contributed by atoms with Crippen LogP contribution in [0.5, 0.6) is 0 Å². The first-order chi connectivity index (χ1) is 10.1. The normalized spacial score (nSPS) is 14.0. The van der Waals surface area contributed by atoms with Gasteiger partial charge in [0.2, 0.25) is 0 Å². The summed E-state index contributed by atoms with van der Waals surface area (Å²) in [5.74, 6) is 0.213. The molecule has 0 unspecified atom stereocenters. The first-order valence-electron chi connectivity index (χ1n) is 7.30. The molecule has 3 rings (SSSR count). The maximum absolute atomic E-state index is 13.5. The fourth-order valence-corrected chi connectivity index (χ4v) is 4.02. The number of benzene rings is 1. The molecule has 21 heavy (non-hydrogen) atoms. The van der Waals surface area contributed by atoms with Crippen molar-refractivity contribution >= 4 is 22.2 Å². The monoisotopic (exact) mass is 305 g/mol. The van der Waals surface area contributed by atoms with Crippen LogP contribution in [0.25, 0.3) is 0 Å². The summed E-state index contributed by atoms with van der Waals surface area (Å²) in [6.07, 6.45) is 0.952. The predicted molar refractivity (Wildman–Crippen MR) is 86.1 cm³/mol. The van der Waals surface area contributed by atoms with Crippen LogP contribution >= 0.6 is 11.3 Å². The van der Waals surface area contributed by atoms with Crippen LogP contribution in [0.4, 0.5) is 15.2 Å². The van der Waals surface area contributed by atoms with E-state index in [0.717, 1.165) is 36.0 Å². The molecule has 5 heteroatoms. The summed E-state index contributed by atoms with van der Waals surface area (Å²) in [5, 5.41) is 4.18. The molecule has 0 fully saturated rings. The summed E-state index contributed by atoms with van der Waals surface area (Å²) in [6, 6.07) is 5.04. The lowest BCUT2D eigenvalue weighted by molar-refractivity contribution is 0.628. The molecule has 0 amide bonds. The molecule has 0 spiro atoms. The van der Waals surface area contributed by atoms with Gasteiger partial charge in [0.15, 0.2) is 5.13 Å². The molecule has 2 heterocycles. The van der Waals surface area contributed by atoms with Crippen molar-refractivity contribution < 1.29 is 4.39 Å².